The van der Waals surface area contributed by atoms with Crippen LogP contribution in [-0.2, 0) is 11.3 Å². The molecule has 1 heterocycles. The van der Waals surface area contributed by atoms with Crippen molar-refractivity contribution in [3.8, 4) is 5.88 Å². The zero-order valence-corrected chi connectivity index (χ0v) is 12.4. The molecule has 2 aromatic rings. The Kier molecular flexibility index (Phi) is 5.32. The molecule has 0 spiro atoms. The first-order valence-corrected chi connectivity index (χ1v) is 7.06. The number of benzene rings is 1. The van der Waals surface area contributed by atoms with Crippen molar-refractivity contribution in [1.29, 1.82) is 0 Å². The standard InChI is InChI=1S/C17H20N2O2/c1-3-15(14-7-5-4-6-8-14)17(20)19-12-13-9-10-18-16(11-13)21-2/h4-11,15H,3,12H2,1-2H3,(H,19,20)/t15-/m0/s1. The van der Waals surface area contributed by atoms with E-state index in [2.05, 4.69) is 10.3 Å². The molecule has 1 aromatic heterocycles. The summed E-state index contributed by atoms with van der Waals surface area (Å²) >= 11 is 0. The number of pyridine rings is 1. The van der Waals surface area contributed by atoms with Crippen molar-refractivity contribution in [2.45, 2.75) is 25.8 Å². The average molecular weight is 284 g/mol. The lowest BCUT2D eigenvalue weighted by atomic mass is 9.95. The second kappa shape index (κ2) is 7.43. The van der Waals surface area contributed by atoms with Crippen LogP contribution in [0.2, 0.25) is 0 Å². The van der Waals surface area contributed by atoms with E-state index in [0.29, 0.717) is 12.4 Å². The van der Waals surface area contributed by atoms with Crippen LogP contribution in [0.1, 0.15) is 30.4 Å². The van der Waals surface area contributed by atoms with Gasteiger partial charge in [-0.25, -0.2) is 4.98 Å². The summed E-state index contributed by atoms with van der Waals surface area (Å²) < 4.78 is 5.08. The van der Waals surface area contributed by atoms with Crippen LogP contribution in [0.15, 0.2) is 48.7 Å². The Labute approximate surface area is 125 Å². The van der Waals surface area contributed by atoms with E-state index in [0.717, 1.165) is 17.5 Å². The number of carbonyl (C=O) groups is 1. The molecular weight excluding hydrogens is 264 g/mol. The van der Waals surface area contributed by atoms with Crippen LogP contribution >= 0.6 is 0 Å². The van der Waals surface area contributed by atoms with E-state index in [1.165, 1.54) is 0 Å². The van der Waals surface area contributed by atoms with Crippen LogP contribution in [0, 0.1) is 0 Å². The first kappa shape index (κ1) is 15.0. The van der Waals surface area contributed by atoms with Gasteiger partial charge >= 0.3 is 0 Å². The van der Waals surface area contributed by atoms with Crippen LogP contribution in [0.25, 0.3) is 0 Å². The highest BCUT2D eigenvalue weighted by molar-refractivity contribution is 5.83. The van der Waals surface area contributed by atoms with Crippen molar-refractivity contribution < 1.29 is 9.53 Å². The molecule has 0 fully saturated rings. The Morgan fingerprint density at radius 3 is 2.71 bits per heavy atom. The van der Waals surface area contributed by atoms with Gasteiger partial charge in [-0.1, -0.05) is 37.3 Å². The third-order valence-electron chi connectivity index (χ3n) is 3.40. The van der Waals surface area contributed by atoms with Crippen LogP contribution in [0.3, 0.4) is 0 Å². The number of methoxy groups -OCH3 is 1. The van der Waals surface area contributed by atoms with Crippen molar-refractivity contribution >= 4 is 5.91 Å². The maximum absolute atomic E-state index is 12.3. The summed E-state index contributed by atoms with van der Waals surface area (Å²) in [5, 5.41) is 2.98. The minimum Gasteiger partial charge on any atom is -0.481 e. The maximum atomic E-state index is 12.3. The molecule has 0 radical (unpaired) electrons. The van der Waals surface area contributed by atoms with Crippen LogP contribution < -0.4 is 10.1 Å². The molecule has 1 N–H and O–H groups in total. The first-order valence-electron chi connectivity index (χ1n) is 7.06. The summed E-state index contributed by atoms with van der Waals surface area (Å²) in [5.74, 6) is 0.478. The summed E-state index contributed by atoms with van der Waals surface area (Å²) in [5.41, 5.74) is 2.02. The van der Waals surface area contributed by atoms with Crippen LogP contribution in [0.4, 0.5) is 0 Å². The summed E-state index contributed by atoms with van der Waals surface area (Å²) in [6.07, 6.45) is 2.45. The molecule has 0 aliphatic rings. The number of nitrogens with zero attached hydrogens (tertiary/aromatic N) is 1. The van der Waals surface area contributed by atoms with Crippen LogP contribution in [0.5, 0.6) is 5.88 Å². The largest absolute Gasteiger partial charge is 0.481 e. The summed E-state index contributed by atoms with van der Waals surface area (Å²) in [4.78, 5) is 16.4. The fraction of sp³-hybridized carbons (Fsp3) is 0.294. The topological polar surface area (TPSA) is 51.2 Å². The molecule has 4 nitrogen and oxygen atoms in total. The minimum atomic E-state index is -0.116. The van der Waals surface area contributed by atoms with Gasteiger partial charge in [0.05, 0.1) is 13.0 Å². The van der Waals surface area contributed by atoms with E-state index in [-0.39, 0.29) is 11.8 Å². The quantitative estimate of drug-likeness (QED) is 0.887. The Balaban J connectivity index is 2.00. The second-order valence-corrected chi connectivity index (χ2v) is 4.80. The zero-order chi connectivity index (χ0) is 15.1. The molecule has 0 aliphatic carbocycles. The Hall–Kier alpha value is -2.36. The van der Waals surface area contributed by atoms with Gasteiger partial charge < -0.3 is 10.1 Å². The molecule has 1 aromatic carbocycles. The Bertz CT molecular complexity index is 584. The normalized spacial score (nSPS) is 11.7. The minimum absolute atomic E-state index is 0.0412. The highest BCUT2D eigenvalue weighted by Gasteiger charge is 2.17. The predicted molar refractivity (Wildman–Crippen MR) is 82.1 cm³/mol. The fourth-order valence-electron chi connectivity index (χ4n) is 2.24. The van der Waals surface area contributed by atoms with Crippen molar-refractivity contribution in [2.75, 3.05) is 7.11 Å². The highest BCUT2D eigenvalue weighted by atomic mass is 16.5. The van der Waals surface area contributed by atoms with Gasteiger partial charge in [0.15, 0.2) is 0 Å². The first-order chi connectivity index (χ1) is 10.2. The smallest absolute Gasteiger partial charge is 0.227 e. The average Bonchev–Trinajstić information content (AvgIpc) is 2.55. The third-order valence-corrected chi connectivity index (χ3v) is 3.40. The lowest BCUT2D eigenvalue weighted by Gasteiger charge is -2.15. The molecule has 21 heavy (non-hydrogen) atoms. The lowest BCUT2D eigenvalue weighted by molar-refractivity contribution is -0.122. The molecular formula is C17H20N2O2. The third kappa shape index (κ3) is 4.05. The highest BCUT2D eigenvalue weighted by Crippen LogP contribution is 2.19. The van der Waals surface area contributed by atoms with Gasteiger partial charge in [0.1, 0.15) is 0 Å². The number of carbonyl (C=O) groups excluding carboxylic acids is 1. The number of amides is 1. The Morgan fingerprint density at radius 2 is 2.05 bits per heavy atom. The number of hydrogen-bond donors (Lipinski definition) is 1. The van der Waals surface area contributed by atoms with Crippen molar-refractivity contribution in [1.82, 2.24) is 10.3 Å². The maximum Gasteiger partial charge on any atom is 0.227 e. The summed E-state index contributed by atoms with van der Waals surface area (Å²) in [7, 11) is 1.58. The monoisotopic (exact) mass is 284 g/mol. The van der Waals surface area contributed by atoms with Gasteiger partial charge in [-0.3, -0.25) is 4.79 Å². The summed E-state index contributed by atoms with van der Waals surface area (Å²) in [6, 6.07) is 13.5. The molecule has 2 rings (SSSR count). The van der Waals surface area contributed by atoms with Gasteiger partial charge in [0.25, 0.3) is 0 Å². The van der Waals surface area contributed by atoms with E-state index in [1.54, 1.807) is 13.3 Å². The molecule has 110 valence electrons. The fourth-order valence-corrected chi connectivity index (χ4v) is 2.24. The Morgan fingerprint density at radius 1 is 1.29 bits per heavy atom. The number of rotatable bonds is 6. The SMILES string of the molecule is CC[C@H](C(=O)NCc1ccnc(OC)c1)c1ccccc1. The van der Waals surface area contributed by atoms with Gasteiger partial charge in [-0.2, -0.15) is 0 Å². The molecule has 4 heteroatoms. The van der Waals surface area contributed by atoms with Gasteiger partial charge in [-0.05, 0) is 23.6 Å². The molecule has 0 aliphatic heterocycles. The van der Waals surface area contributed by atoms with Gasteiger partial charge in [-0.15, -0.1) is 0 Å². The predicted octanol–water partition coefficient (Wildman–Crippen LogP) is 2.90. The van der Waals surface area contributed by atoms with Gasteiger partial charge in [0.2, 0.25) is 11.8 Å². The molecule has 1 amide bonds. The van der Waals surface area contributed by atoms with Crippen molar-refractivity contribution in [2.24, 2.45) is 0 Å². The van der Waals surface area contributed by atoms with E-state index in [1.807, 2.05) is 49.4 Å². The van der Waals surface area contributed by atoms with E-state index in [4.69, 9.17) is 4.74 Å². The molecule has 0 saturated carbocycles. The van der Waals surface area contributed by atoms with E-state index in [9.17, 15) is 4.79 Å². The van der Waals surface area contributed by atoms with Crippen molar-refractivity contribution in [3.05, 3.63) is 59.8 Å². The summed E-state index contributed by atoms with van der Waals surface area (Å²) in [6.45, 7) is 2.49. The zero-order valence-electron chi connectivity index (χ0n) is 12.4. The molecule has 0 unspecified atom stereocenters. The molecule has 0 saturated heterocycles. The number of aromatic nitrogens is 1. The molecule has 0 bridgehead atoms. The van der Waals surface area contributed by atoms with E-state index >= 15 is 0 Å². The van der Waals surface area contributed by atoms with E-state index < -0.39 is 0 Å². The molecule has 1 atom stereocenters. The number of ether oxygens (including phenoxy) is 1. The van der Waals surface area contributed by atoms with Gasteiger partial charge in [0, 0.05) is 18.8 Å². The number of nitrogens with one attached hydrogen (secondary N) is 1. The van der Waals surface area contributed by atoms with Crippen molar-refractivity contribution in [3.63, 3.8) is 0 Å². The second-order valence-electron chi connectivity index (χ2n) is 4.80. The van der Waals surface area contributed by atoms with Crippen LogP contribution in [-0.4, -0.2) is 18.0 Å². The lowest BCUT2D eigenvalue weighted by Crippen LogP contribution is -2.28. The number of hydrogen-bond acceptors (Lipinski definition) is 3.